The Morgan fingerprint density at radius 2 is 1.95 bits per heavy atom. The second-order valence-corrected chi connectivity index (χ2v) is 4.43. The molecule has 4 heteroatoms. The highest BCUT2D eigenvalue weighted by Gasteiger charge is 2.08. The number of nitrogens with one attached hydrogen (secondary N) is 1. The van der Waals surface area contributed by atoms with E-state index in [9.17, 15) is 4.79 Å². The largest absolute Gasteiger partial charge is 0.497 e. The summed E-state index contributed by atoms with van der Waals surface area (Å²) in [6.45, 7) is 2.15. The molecular formula is C15H23NO3. The number of amides is 1. The number of methoxy groups -OCH3 is 2. The van der Waals surface area contributed by atoms with E-state index < -0.39 is 0 Å². The quantitative estimate of drug-likeness (QED) is 0.730. The van der Waals surface area contributed by atoms with E-state index in [0.29, 0.717) is 23.6 Å². The van der Waals surface area contributed by atoms with Gasteiger partial charge in [0, 0.05) is 12.5 Å². The maximum absolute atomic E-state index is 11.8. The Labute approximate surface area is 115 Å². The van der Waals surface area contributed by atoms with Gasteiger partial charge in [-0.2, -0.15) is 0 Å². The molecule has 1 aromatic rings. The van der Waals surface area contributed by atoms with Gasteiger partial charge in [0.2, 0.25) is 5.91 Å². The molecule has 0 aliphatic carbocycles. The Morgan fingerprint density at radius 3 is 2.58 bits per heavy atom. The van der Waals surface area contributed by atoms with Gasteiger partial charge >= 0.3 is 0 Å². The molecule has 1 N–H and O–H groups in total. The normalized spacial score (nSPS) is 10.1. The van der Waals surface area contributed by atoms with Crippen molar-refractivity contribution in [1.82, 2.24) is 0 Å². The molecule has 0 fully saturated rings. The van der Waals surface area contributed by atoms with Gasteiger partial charge in [0.15, 0.2) is 0 Å². The van der Waals surface area contributed by atoms with Crippen LogP contribution in [0, 0.1) is 0 Å². The first-order valence-corrected chi connectivity index (χ1v) is 6.73. The van der Waals surface area contributed by atoms with Crippen molar-refractivity contribution in [2.45, 2.75) is 39.0 Å². The van der Waals surface area contributed by atoms with Crippen LogP contribution in [0.1, 0.15) is 39.0 Å². The van der Waals surface area contributed by atoms with Gasteiger partial charge in [-0.25, -0.2) is 0 Å². The second-order valence-electron chi connectivity index (χ2n) is 4.43. The van der Waals surface area contributed by atoms with Gasteiger partial charge in [0.25, 0.3) is 0 Å². The fourth-order valence-corrected chi connectivity index (χ4v) is 1.84. The van der Waals surface area contributed by atoms with Crippen molar-refractivity contribution in [2.24, 2.45) is 0 Å². The number of benzene rings is 1. The minimum atomic E-state index is 0.0163. The molecule has 0 radical (unpaired) electrons. The van der Waals surface area contributed by atoms with Crippen molar-refractivity contribution < 1.29 is 14.3 Å². The average molecular weight is 265 g/mol. The summed E-state index contributed by atoms with van der Waals surface area (Å²) in [5.41, 5.74) is 0.655. The summed E-state index contributed by atoms with van der Waals surface area (Å²) in [4.78, 5) is 11.8. The van der Waals surface area contributed by atoms with Crippen LogP contribution in [-0.2, 0) is 4.79 Å². The van der Waals surface area contributed by atoms with Crippen LogP contribution in [0.2, 0.25) is 0 Å². The molecule has 0 unspecified atom stereocenters. The molecule has 0 aromatic heterocycles. The molecule has 0 saturated carbocycles. The predicted octanol–water partition coefficient (Wildman–Crippen LogP) is 3.61. The Kier molecular flexibility index (Phi) is 6.79. The monoisotopic (exact) mass is 265 g/mol. The van der Waals surface area contributed by atoms with Crippen LogP contribution in [0.25, 0.3) is 0 Å². The summed E-state index contributed by atoms with van der Waals surface area (Å²) in [5.74, 6) is 1.35. The van der Waals surface area contributed by atoms with Crippen LogP contribution in [0.4, 0.5) is 5.69 Å². The zero-order valence-electron chi connectivity index (χ0n) is 12.0. The molecule has 0 atom stereocenters. The molecule has 0 saturated heterocycles. The van der Waals surface area contributed by atoms with Crippen LogP contribution >= 0.6 is 0 Å². The zero-order valence-corrected chi connectivity index (χ0v) is 12.0. The van der Waals surface area contributed by atoms with E-state index in [4.69, 9.17) is 9.47 Å². The number of hydrogen-bond acceptors (Lipinski definition) is 3. The van der Waals surface area contributed by atoms with Crippen molar-refractivity contribution in [3.8, 4) is 11.5 Å². The van der Waals surface area contributed by atoms with Crippen molar-refractivity contribution >= 4 is 11.6 Å². The number of hydrogen-bond donors (Lipinski definition) is 1. The van der Waals surface area contributed by atoms with Gasteiger partial charge in [0.05, 0.1) is 19.9 Å². The molecule has 1 rings (SSSR count). The standard InChI is InChI=1S/C15H23NO3/c1-4-5-6-7-8-15(17)16-13-11-12(18-2)9-10-14(13)19-3/h9-11H,4-8H2,1-3H3,(H,16,17). The third kappa shape index (κ3) is 5.20. The third-order valence-corrected chi connectivity index (χ3v) is 2.94. The van der Waals surface area contributed by atoms with E-state index >= 15 is 0 Å². The summed E-state index contributed by atoms with van der Waals surface area (Å²) < 4.78 is 10.4. The maximum Gasteiger partial charge on any atom is 0.224 e. The molecule has 1 aromatic carbocycles. The van der Waals surface area contributed by atoms with Gasteiger partial charge in [-0.3, -0.25) is 4.79 Å². The summed E-state index contributed by atoms with van der Waals surface area (Å²) in [6.07, 6.45) is 4.91. The molecule has 4 nitrogen and oxygen atoms in total. The van der Waals surface area contributed by atoms with E-state index in [2.05, 4.69) is 12.2 Å². The fraction of sp³-hybridized carbons (Fsp3) is 0.533. The van der Waals surface area contributed by atoms with Crippen LogP contribution in [0.15, 0.2) is 18.2 Å². The number of rotatable bonds is 8. The first kappa shape index (κ1) is 15.3. The summed E-state index contributed by atoms with van der Waals surface area (Å²) in [5, 5.41) is 2.87. The van der Waals surface area contributed by atoms with E-state index in [-0.39, 0.29) is 5.91 Å². The summed E-state index contributed by atoms with van der Waals surface area (Å²) >= 11 is 0. The molecule has 0 bridgehead atoms. The van der Waals surface area contributed by atoms with E-state index in [0.717, 1.165) is 12.8 Å². The Bertz CT molecular complexity index is 404. The summed E-state index contributed by atoms with van der Waals surface area (Å²) in [7, 11) is 3.18. The lowest BCUT2D eigenvalue weighted by Gasteiger charge is -2.11. The van der Waals surface area contributed by atoms with E-state index in [1.807, 2.05) is 0 Å². The zero-order chi connectivity index (χ0) is 14.1. The number of anilines is 1. The number of unbranched alkanes of at least 4 members (excludes halogenated alkanes) is 3. The van der Waals surface area contributed by atoms with Gasteiger partial charge in [-0.05, 0) is 18.6 Å². The van der Waals surface area contributed by atoms with Gasteiger partial charge in [0.1, 0.15) is 11.5 Å². The first-order valence-electron chi connectivity index (χ1n) is 6.73. The Morgan fingerprint density at radius 1 is 1.16 bits per heavy atom. The maximum atomic E-state index is 11.8. The van der Waals surface area contributed by atoms with Crippen molar-refractivity contribution in [3.05, 3.63) is 18.2 Å². The van der Waals surface area contributed by atoms with Gasteiger partial charge in [-0.1, -0.05) is 26.2 Å². The number of carbonyl (C=O) groups is 1. The highest BCUT2D eigenvalue weighted by molar-refractivity contribution is 5.92. The van der Waals surface area contributed by atoms with Crippen LogP contribution in [0.5, 0.6) is 11.5 Å². The van der Waals surface area contributed by atoms with E-state index in [1.54, 1.807) is 32.4 Å². The highest BCUT2D eigenvalue weighted by Crippen LogP contribution is 2.29. The molecule has 0 heterocycles. The molecule has 0 aliphatic rings. The first-order chi connectivity index (χ1) is 9.21. The highest BCUT2D eigenvalue weighted by atomic mass is 16.5. The Hall–Kier alpha value is -1.71. The molecule has 1 amide bonds. The van der Waals surface area contributed by atoms with Crippen molar-refractivity contribution in [3.63, 3.8) is 0 Å². The minimum Gasteiger partial charge on any atom is -0.497 e. The SMILES string of the molecule is CCCCCCC(=O)Nc1cc(OC)ccc1OC. The van der Waals surface area contributed by atoms with Crippen molar-refractivity contribution in [1.29, 1.82) is 0 Å². The fourth-order valence-electron chi connectivity index (χ4n) is 1.84. The van der Waals surface area contributed by atoms with Crippen molar-refractivity contribution in [2.75, 3.05) is 19.5 Å². The molecule has 0 aliphatic heterocycles. The molecule has 19 heavy (non-hydrogen) atoms. The smallest absolute Gasteiger partial charge is 0.224 e. The lowest BCUT2D eigenvalue weighted by atomic mass is 10.1. The molecule has 0 spiro atoms. The number of ether oxygens (including phenoxy) is 2. The Balaban J connectivity index is 2.56. The van der Waals surface area contributed by atoms with E-state index in [1.165, 1.54) is 12.8 Å². The third-order valence-electron chi connectivity index (χ3n) is 2.94. The molecular weight excluding hydrogens is 242 g/mol. The summed E-state index contributed by atoms with van der Waals surface area (Å²) in [6, 6.07) is 5.35. The second kappa shape index (κ2) is 8.40. The lowest BCUT2D eigenvalue weighted by Crippen LogP contribution is -2.12. The predicted molar refractivity (Wildman–Crippen MR) is 76.9 cm³/mol. The topological polar surface area (TPSA) is 47.6 Å². The van der Waals surface area contributed by atoms with Crippen LogP contribution < -0.4 is 14.8 Å². The van der Waals surface area contributed by atoms with Crippen LogP contribution in [-0.4, -0.2) is 20.1 Å². The average Bonchev–Trinajstić information content (AvgIpc) is 2.43. The lowest BCUT2D eigenvalue weighted by molar-refractivity contribution is -0.116. The molecule has 106 valence electrons. The van der Waals surface area contributed by atoms with Gasteiger partial charge < -0.3 is 14.8 Å². The van der Waals surface area contributed by atoms with Crippen LogP contribution in [0.3, 0.4) is 0 Å². The van der Waals surface area contributed by atoms with Gasteiger partial charge in [-0.15, -0.1) is 0 Å². The minimum absolute atomic E-state index is 0.0163. The number of carbonyl (C=O) groups excluding carboxylic acids is 1.